The zero-order valence-electron chi connectivity index (χ0n) is 6.06. The first kappa shape index (κ1) is 10.6. The third kappa shape index (κ3) is 882. The average Bonchev–Trinajstić information content (AvgIpc) is 1.25. The van der Waals surface area contributed by atoms with Crippen molar-refractivity contribution >= 4 is 5.78 Å². The molecule has 0 aromatic rings. The van der Waals surface area contributed by atoms with Crippen molar-refractivity contribution in [1.29, 1.82) is 0 Å². The van der Waals surface area contributed by atoms with Crippen molar-refractivity contribution < 1.29 is 4.79 Å². The number of rotatable bonds is 0. The second-order valence-corrected chi connectivity index (χ2v) is 2.15. The van der Waals surface area contributed by atoms with E-state index in [0.29, 0.717) is 6.04 Å². The maximum Gasteiger partial charge on any atom is 0.126 e. The fourth-order valence-corrected chi connectivity index (χ4v) is 0. The number of Topliss-reactive ketones (excluding diaryl/α,β-unsaturated/α-hetero) is 1. The van der Waals surface area contributed by atoms with Gasteiger partial charge in [0.1, 0.15) is 5.78 Å². The van der Waals surface area contributed by atoms with Crippen LogP contribution in [0.3, 0.4) is 0 Å². The minimum Gasteiger partial charge on any atom is -0.328 e. The lowest BCUT2D eigenvalue weighted by atomic mass is 10.5. The van der Waals surface area contributed by atoms with E-state index in [2.05, 4.69) is 0 Å². The Balaban J connectivity index is 0. The molecule has 0 radical (unpaired) electrons. The lowest BCUT2D eigenvalue weighted by Gasteiger charge is -1.81. The van der Waals surface area contributed by atoms with Crippen LogP contribution in [0.4, 0.5) is 0 Å². The molecular formula is C6H15NO. The Morgan fingerprint density at radius 1 is 1.38 bits per heavy atom. The largest absolute Gasteiger partial charge is 0.328 e. The van der Waals surface area contributed by atoms with E-state index in [0.717, 1.165) is 0 Å². The van der Waals surface area contributed by atoms with Gasteiger partial charge in [0.15, 0.2) is 0 Å². The standard InChI is InChI=1S/C3H9N.C3H6O/c2*1-3(2)4/h3H,4H2,1-2H3;1-2H3. The van der Waals surface area contributed by atoms with E-state index >= 15 is 0 Å². The highest BCUT2D eigenvalue weighted by Gasteiger charge is 1.67. The first-order chi connectivity index (χ1) is 3.46. The number of nitrogens with two attached hydrogens (primary N) is 1. The van der Waals surface area contributed by atoms with E-state index in [1.54, 1.807) is 0 Å². The molecule has 0 aromatic heterocycles. The monoisotopic (exact) mass is 117 g/mol. The average molecular weight is 117 g/mol. The summed E-state index contributed by atoms with van der Waals surface area (Å²) < 4.78 is 0. The van der Waals surface area contributed by atoms with Gasteiger partial charge in [0.25, 0.3) is 0 Å². The smallest absolute Gasteiger partial charge is 0.126 e. The molecule has 0 fully saturated rings. The fourth-order valence-electron chi connectivity index (χ4n) is 0. The van der Waals surface area contributed by atoms with Crippen molar-refractivity contribution in [2.24, 2.45) is 5.73 Å². The highest BCUT2D eigenvalue weighted by Crippen LogP contribution is 1.58. The summed E-state index contributed by atoms with van der Waals surface area (Å²) in [4.78, 5) is 9.44. The van der Waals surface area contributed by atoms with Crippen molar-refractivity contribution in [3.05, 3.63) is 0 Å². The lowest BCUT2D eigenvalue weighted by Crippen LogP contribution is -2.06. The van der Waals surface area contributed by atoms with Gasteiger partial charge in [-0.3, -0.25) is 0 Å². The Hall–Kier alpha value is -0.370. The summed E-state index contributed by atoms with van der Waals surface area (Å²) in [7, 11) is 0. The van der Waals surface area contributed by atoms with Gasteiger partial charge in [-0.1, -0.05) is 13.8 Å². The fraction of sp³-hybridized carbons (Fsp3) is 0.833. The first-order valence-corrected chi connectivity index (χ1v) is 2.69. The normalized spacial score (nSPS) is 7.75. The Kier molecular flexibility index (Phi) is 8.77. The molecular weight excluding hydrogens is 102 g/mol. The SMILES string of the molecule is CC(C)=O.CC(C)N. The molecule has 0 aromatic carbocycles. The third-order valence-corrected chi connectivity index (χ3v) is 0. The summed E-state index contributed by atoms with van der Waals surface area (Å²) in [6.45, 7) is 6.94. The van der Waals surface area contributed by atoms with Crippen LogP contribution in [0.5, 0.6) is 0 Å². The molecule has 0 saturated carbocycles. The van der Waals surface area contributed by atoms with E-state index in [1.165, 1.54) is 13.8 Å². The van der Waals surface area contributed by atoms with Crippen LogP contribution < -0.4 is 5.73 Å². The Morgan fingerprint density at radius 3 is 1.38 bits per heavy atom. The molecule has 8 heavy (non-hydrogen) atoms. The molecule has 2 N–H and O–H groups in total. The first-order valence-electron chi connectivity index (χ1n) is 2.69. The topological polar surface area (TPSA) is 43.1 Å². The Bertz CT molecular complexity index is 52.8. The van der Waals surface area contributed by atoms with Crippen LogP contribution in [0, 0.1) is 0 Å². The molecule has 0 rings (SSSR count). The predicted molar refractivity (Wildman–Crippen MR) is 35.7 cm³/mol. The maximum absolute atomic E-state index is 9.44. The van der Waals surface area contributed by atoms with Gasteiger partial charge in [-0.2, -0.15) is 0 Å². The van der Waals surface area contributed by atoms with Gasteiger partial charge < -0.3 is 10.5 Å². The highest BCUT2D eigenvalue weighted by molar-refractivity contribution is 5.72. The molecule has 50 valence electrons. The van der Waals surface area contributed by atoms with Crippen LogP contribution in [0.15, 0.2) is 0 Å². The Labute approximate surface area is 51.1 Å². The summed E-state index contributed by atoms with van der Waals surface area (Å²) in [5.74, 6) is 0.167. The number of ketones is 1. The molecule has 0 atom stereocenters. The highest BCUT2D eigenvalue weighted by atomic mass is 16.1. The molecule has 2 heteroatoms. The predicted octanol–water partition coefficient (Wildman–Crippen LogP) is 0.949. The van der Waals surface area contributed by atoms with Crippen LogP contribution in [0.25, 0.3) is 0 Å². The molecule has 0 spiro atoms. The molecule has 0 heterocycles. The van der Waals surface area contributed by atoms with Gasteiger partial charge in [-0.15, -0.1) is 0 Å². The van der Waals surface area contributed by atoms with Crippen molar-refractivity contribution in [1.82, 2.24) is 0 Å². The number of hydrogen-bond acceptors (Lipinski definition) is 2. The van der Waals surface area contributed by atoms with Crippen LogP contribution in [0.1, 0.15) is 27.7 Å². The van der Waals surface area contributed by atoms with E-state index in [1.807, 2.05) is 13.8 Å². The Morgan fingerprint density at radius 2 is 1.38 bits per heavy atom. The molecule has 0 bridgehead atoms. The number of carbonyl (C=O) groups excluding carboxylic acids is 1. The second-order valence-electron chi connectivity index (χ2n) is 2.15. The lowest BCUT2D eigenvalue weighted by molar-refractivity contribution is -0.114. The van der Waals surface area contributed by atoms with Crippen LogP contribution in [-0.2, 0) is 4.79 Å². The van der Waals surface area contributed by atoms with Crippen molar-refractivity contribution in [3.8, 4) is 0 Å². The van der Waals surface area contributed by atoms with Gasteiger partial charge in [-0.05, 0) is 19.9 Å². The van der Waals surface area contributed by atoms with E-state index in [4.69, 9.17) is 5.73 Å². The van der Waals surface area contributed by atoms with Gasteiger partial charge in [0.05, 0.1) is 0 Å². The van der Waals surface area contributed by atoms with Crippen molar-refractivity contribution in [2.45, 2.75) is 33.7 Å². The van der Waals surface area contributed by atoms with Crippen molar-refractivity contribution in [3.63, 3.8) is 0 Å². The third-order valence-electron chi connectivity index (χ3n) is 0. The number of carbonyl (C=O) groups is 1. The minimum absolute atomic E-state index is 0.167. The molecule has 0 saturated heterocycles. The quantitative estimate of drug-likeness (QED) is 0.513. The summed E-state index contributed by atoms with van der Waals surface area (Å²) in [6.07, 6.45) is 0. The van der Waals surface area contributed by atoms with Crippen molar-refractivity contribution in [2.75, 3.05) is 0 Å². The van der Waals surface area contributed by atoms with Crippen LogP contribution in [0.2, 0.25) is 0 Å². The molecule has 0 amide bonds. The molecule has 2 nitrogen and oxygen atoms in total. The summed E-state index contributed by atoms with van der Waals surface area (Å²) >= 11 is 0. The van der Waals surface area contributed by atoms with Crippen LogP contribution >= 0.6 is 0 Å². The summed E-state index contributed by atoms with van der Waals surface area (Å²) in [5.41, 5.74) is 5.11. The van der Waals surface area contributed by atoms with E-state index < -0.39 is 0 Å². The maximum atomic E-state index is 9.44. The molecule has 0 unspecified atom stereocenters. The van der Waals surface area contributed by atoms with E-state index in [-0.39, 0.29) is 5.78 Å². The molecule has 0 aliphatic heterocycles. The van der Waals surface area contributed by atoms with Gasteiger partial charge >= 0.3 is 0 Å². The van der Waals surface area contributed by atoms with Gasteiger partial charge in [-0.25, -0.2) is 0 Å². The molecule has 0 aliphatic rings. The molecule has 0 aliphatic carbocycles. The number of hydrogen-bond donors (Lipinski definition) is 1. The zero-order chi connectivity index (χ0) is 7.15. The van der Waals surface area contributed by atoms with E-state index in [9.17, 15) is 4.79 Å². The second kappa shape index (κ2) is 6.63. The summed E-state index contributed by atoms with van der Waals surface area (Å²) in [5, 5.41) is 0. The van der Waals surface area contributed by atoms with Gasteiger partial charge in [0.2, 0.25) is 0 Å². The minimum atomic E-state index is 0.167. The van der Waals surface area contributed by atoms with Gasteiger partial charge in [0, 0.05) is 0 Å². The van der Waals surface area contributed by atoms with Crippen LogP contribution in [-0.4, -0.2) is 11.8 Å². The summed E-state index contributed by atoms with van der Waals surface area (Å²) in [6, 6.07) is 0.333. The zero-order valence-corrected chi connectivity index (χ0v) is 6.06.